The van der Waals surface area contributed by atoms with Crippen LogP contribution in [0.3, 0.4) is 0 Å². The molecule has 0 spiro atoms. The SMILES string of the molecule is CCCC#CC1(n2ccc(C(=O)NCC(=O)Nc3nc(-c4cc(F)cc(OC5CC5)c4)cs3)c2)CC1. The maximum absolute atomic E-state index is 14.0. The molecule has 2 aromatic heterocycles. The van der Waals surface area contributed by atoms with E-state index in [0.29, 0.717) is 27.7 Å². The summed E-state index contributed by atoms with van der Waals surface area (Å²) >= 11 is 1.23. The van der Waals surface area contributed by atoms with Gasteiger partial charge in [0.2, 0.25) is 5.91 Å². The summed E-state index contributed by atoms with van der Waals surface area (Å²) in [4.78, 5) is 29.3. The molecular weight excluding hydrogens is 479 g/mol. The molecule has 0 saturated heterocycles. The van der Waals surface area contributed by atoms with Gasteiger partial charge < -0.3 is 19.9 Å². The van der Waals surface area contributed by atoms with E-state index in [9.17, 15) is 14.0 Å². The van der Waals surface area contributed by atoms with Crippen molar-refractivity contribution in [2.45, 2.75) is 57.1 Å². The van der Waals surface area contributed by atoms with Crippen LogP contribution < -0.4 is 15.4 Å². The largest absolute Gasteiger partial charge is 0.490 e. The van der Waals surface area contributed by atoms with Gasteiger partial charge in [-0.1, -0.05) is 12.8 Å². The van der Waals surface area contributed by atoms with Crippen LogP contribution in [-0.2, 0) is 10.3 Å². The second-order valence-electron chi connectivity index (χ2n) is 9.15. The van der Waals surface area contributed by atoms with E-state index in [1.165, 1.54) is 23.5 Å². The minimum Gasteiger partial charge on any atom is -0.490 e. The van der Waals surface area contributed by atoms with Gasteiger partial charge in [0, 0.05) is 35.8 Å². The highest BCUT2D eigenvalue weighted by molar-refractivity contribution is 7.14. The number of benzene rings is 1. The Morgan fingerprint density at radius 1 is 1.31 bits per heavy atom. The first-order valence-electron chi connectivity index (χ1n) is 12.1. The number of hydrogen-bond donors (Lipinski definition) is 2. The number of thiazole rings is 1. The number of aromatic nitrogens is 2. The number of amides is 2. The van der Waals surface area contributed by atoms with Gasteiger partial charge in [0.25, 0.3) is 5.91 Å². The Labute approximate surface area is 213 Å². The van der Waals surface area contributed by atoms with Crippen molar-refractivity contribution in [3.63, 3.8) is 0 Å². The fourth-order valence-electron chi connectivity index (χ4n) is 3.76. The van der Waals surface area contributed by atoms with Crippen molar-refractivity contribution in [2.75, 3.05) is 11.9 Å². The van der Waals surface area contributed by atoms with Crippen molar-refractivity contribution >= 4 is 28.3 Å². The normalized spacial score (nSPS) is 15.5. The monoisotopic (exact) mass is 506 g/mol. The summed E-state index contributed by atoms with van der Waals surface area (Å²) in [6.07, 6.45) is 9.61. The number of halogens is 1. The van der Waals surface area contributed by atoms with E-state index in [4.69, 9.17) is 4.74 Å². The standard InChI is InChI=1S/C27H27FN4O3S/c1-2-3-4-8-27(9-10-27)32-11-7-18(16-32)25(34)29-15-24(33)31-26-30-23(17-36-26)19-12-20(28)14-22(13-19)35-21-5-6-21/h7,11-14,16-17,21H,2-3,5-6,9-10,15H2,1H3,(H,29,34)(H,30,31,33). The number of ether oxygens (including phenoxy) is 1. The minimum atomic E-state index is -0.404. The van der Waals surface area contributed by atoms with E-state index in [0.717, 1.165) is 38.5 Å². The molecule has 2 aliphatic rings. The van der Waals surface area contributed by atoms with Gasteiger partial charge in [0.1, 0.15) is 17.1 Å². The Morgan fingerprint density at radius 2 is 2.14 bits per heavy atom. The average Bonchev–Trinajstić information content (AvgIpc) is 3.73. The molecule has 186 valence electrons. The number of nitrogens with zero attached hydrogens (tertiary/aromatic N) is 2. The molecular formula is C27H27FN4O3S. The van der Waals surface area contributed by atoms with Gasteiger partial charge in [0.05, 0.1) is 23.9 Å². The zero-order valence-corrected chi connectivity index (χ0v) is 20.8. The van der Waals surface area contributed by atoms with Crippen LogP contribution in [0, 0.1) is 17.7 Å². The van der Waals surface area contributed by atoms with Gasteiger partial charge in [0.15, 0.2) is 5.13 Å². The number of unbranched alkanes of at least 4 members (excludes halogenated alkanes) is 1. The lowest BCUT2D eigenvalue weighted by Gasteiger charge is -2.09. The number of anilines is 1. The Morgan fingerprint density at radius 3 is 2.89 bits per heavy atom. The van der Waals surface area contributed by atoms with Crippen LogP contribution in [0.5, 0.6) is 5.75 Å². The Hall–Kier alpha value is -3.64. The molecule has 2 N–H and O–H groups in total. The number of rotatable bonds is 9. The molecule has 2 amide bonds. The highest BCUT2D eigenvalue weighted by atomic mass is 32.1. The molecule has 0 bridgehead atoms. The highest BCUT2D eigenvalue weighted by Gasteiger charge is 2.43. The third-order valence-corrected chi connectivity index (χ3v) is 6.78. The first kappa shape index (κ1) is 24.1. The number of carbonyl (C=O) groups excluding carboxylic acids is 2. The molecule has 9 heteroatoms. The Balaban J connectivity index is 1.14. The number of nitrogens with one attached hydrogen (secondary N) is 2. The van der Waals surface area contributed by atoms with Crippen molar-refractivity contribution in [3.8, 4) is 28.8 Å². The number of carbonyl (C=O) groups is 2. The molecule has 2 heterocycles. The zero-order valence-electron chi connectivity index (χ0n) is 20.0. The van der Waals surface area contributed by atoms with E-state index in [1.54, 1.807) is 23.7 Å². The summed E-state index contributed by atoms with van der Waals surface area (Å²) in [6.45, 7) is 1.90. The average molecular weight is 507 g/mol. The molecule has 36 heavy (non-hydrogen) atoms. The van der Waals surface area contributed by atoms with Crippen molar-refractivity contribution in [1.82, 2.24) is 14.9 Å². The molecule has 0 radical (unpaired) electrons. The summed E-state index contributed by atoms with van der Waals surface area (Å²) in [6, 6.07) is 6.23. The van der Waals surface area contributed by atoms with E-state index in [1.807, 2.05) is 10.8 Å². The molecule has 1 aromatic carbocycles. The summed E-state index contributed by atoms with van der Waals surface area (Å²) < 4.78 is 21.7. The van der Waals surface area contributed by atoms with Gasteiger partial charge in [-0.15, -0.1) is 17.3 Å². The molecule has 0 aliphatic heterocycles. The third-order valence-electron chi connectivity index (χ3n) is 6.02. The van der Waals surface area contributed by atoms with E-state index >= 15 is 0 Å². The van der Waals surface area contributed by atoms with Crippen LogP contribution in [0.2, 0.25) is 0 Å². The molecule has 2 aliphatic carbocycles. The second-order valence-corrected chi connectivity index (χ2v) is 10.0. The lowest BCUT2D eigenvalue weighted by molar-refractivity contribution is -0.115. The van der Waals surface area contributed by atoms with Gasteiger partial charge in [-0.25, -0.2) is 9.37 Å². The van der Waals surface area contributed by atoms with E-state index in [2.05, 4.69) is 34.4 Å². The van der Waals surface area contributed by atoms with Crippen LogP contribution in [-0.4, -0.2) is 34.0 Å². The minimum absolute atomic E-state index is 0.160. The van der Waals surface area contributed by atoms with Crippen LogP contribution in [0.15, 0.2) is 42.0 Å². The van der Waals surface area contributed by atoms with E-state index < -0.39 is 11.7 Å². The second kappa shape index (κ2) is 10.2. The first-order chi connectivity index (χ1) is 17.4. The third kappa shape index (κ3) is 5.77. The predicted molar refractivity (Wildman–Crippen MR) is 136 cm³/mol. The summed E-state index contributed by atoms with van der Waals surface area (Å²) in [5, 5.41) is 7.43. The molecule has 0 atom stereocenters. The molecule has 2 fully saturated rings. The van der Waals surface area contributed by atoms with Crippen molar-refractivity contribution < 1.29 is 18.7 Å². The van der Waals surface area contributed by atoms with Gasteiger partial charge in [-0.05, 0) is 50.3 Å². The van der Waals surface area contributed by atoms with Crippen LogP contribution >= 0.6 is 11.3 Å². The lowest BCUT2D eigenvalue weighted by Crippen LogP contribution is -2.32. The predicted octanol–water partition coefficient (Wildman–Crippen LogP) is 4.95. The van der Waals surface area contributed by atoms with Crippen molar-refractivity contribution in [2.24, 2.45) is 0 Å². The van der Waals surface area contributed by atoms with Crippen molar-refractivity contribution in [1.29, 1.82) is 0 Å². The van der Waals surface area contributed by atoms with Crippen LogP contribution in [0.25, 0.3) is 11.3 Å². The lowest BCUT2D eigenvalue weighted by atomic mass is 10.1. The molecule has 5 rings (SSSR count). The fraction of sp³-hybridized carbons (Fsp3) is 0.370. The van der Waals surface area contributed by atoms with E-state index in [-0.39, 0.29) is 24.1 Å². The Kier molecular flexibility index (Phi) is 6.79. The maximum Gasteiger partial charge on any atom is 0.253 e. The summed E-state index contributed by atoms with van der Waals surface area (Å²) in [7, 11) is 0. The molecule has 3 aromatic rings. The fourth-order valence-corrected chi connectivity index (χ4v) is 4.50. The smallest absolute Gasteiger partial charge is 0.253 e. The quantitative estimate of drug-likeness (QED) is 0.402. The van der Waals surface area contributed by atoms with Gasteiger partial charge >= 0.3 is 0 Å². The maximum atomic E-state index is 14.0. The topological polar surface area (TPSA) is 85.3 Å². The van der Waals surface area contributed by atoms with Gasteiger partial charge in [-0.3, -0.25) is 9.59 Å². The summed E-state index contributed by atoms with van der Waals surface area (Å²) in [5.74, 6) is 5.89. The number of hydrogen-bond acceptors (Lipinski definition) is 5. The molecule has 0 unspecified atom stereocenters. The van der Waals surface area contributed by atoms with Crippen LogP contribution in [0.1, 0.15) is 55.8 Å². The van der Waals surface area contributed by atoms with Crippen LogP contribution in [0.4, 0.5) is 9.52 Å². The summed E-state index contributed by atoms with van der Waals surface area (Å²) in [5.41, 5.74) is 1.41. The van der Waals surface area contributed by atoms with Crippen molar-refractivity contribution in [3.05, 3.63) is 53.4 Å². The molecule has 2 saturated carbocycles. The highest BCUT2D eigenvalue weighted by Crippen LogP contribution is 2.43. The first-order valence-corrected chi connectivity index (χ1v) is 13.0. The zero-order chi connectivity index (χ0) is 25.1. The Bertz CT molecular complexity index is 1340. The molecule has 7 nitrogen and oxygen atoms in total. The van der Waals surface area contributed by atoms with Gasteiger partial charge in [-0.2, -0.15) is 0 Å².